The molecule has 0 aromatic heterocycles. The summed E-state index contributed by atoms with van der Waals surface area (Å²) in [6.45, 7) is 0. The molecule has 2 unspecified atom stereocenters. The molecule has 2 heteroatoms. The highest BCUT2D eigenvalue weighted by Gasteiger charge is 2.29. The summed E-state index contributed by atoms with van der Waals surface area (Å²) in [7, 11) is -0.780. The SMILES string of the molecule is c1ccc(P2CP(c3ccccc3)c3ccccc3-c3ccccc32)cc1. The maximum Gasteiger partial charge on any atom is 0.00410 e. The number of hydrogen-bond donors (Lipinski definition) is 0. The van der Waals surface area contributed by atoms with Gasteiger partial charge in [0.1, 0.15) is 0 Å². The van der Waals surface area contributed by atoms with Gasteiger partial charge in [0.15, 0.2) is 0 Å². The predicted molar refractivity (Wildman–Crippen MR) is 122 cm³/mol. The van der Waals surface area contributed by atoms with E-state index in [1.165, 1.54) is 38.2 Å². The van der Waals surface area contributed by atoms with Crippen LogP contribution in [0.25, 0.3) is 11.1 Å². The van der Waals surface area contributed by atoms with Gasteiger partial charge in [-0.3, -0.25) is 0 Å². The third kappa shape index (κ3) is 3.14. The first-order valence-corrected chi connectivity index (χ1v) is 12.3. The van der Waals surface area contributed by atoms with Crippen LogP contribution in [-0.4, -0.2) is 5.90 Å². The fourth-order valence-electron chi connectivity index (χ4n) is 3.82. The van der Waals surface area contributed by atoms with Crippen LogP contribution in [0.4, 0.5) is 0 Å². The Labute approximate surface area is 163 Å². The van der Waals surface area contributed by atoms with Crippen LogP contribution in [0.5, 0.6) is 0 Å². The third-order valence-corrected chi connectivity index (χ3v) is 11.1. The van der Waals surface area contributed by atoms with Gasteiger partial charge in [-0.15, -0.1) is 0 Å². The van der Waals surface area contributed by atoms with Crippen molar-refractivity contribution in [2.75, 3.05) is 5.90 Å². The minimum atomic E-state index is -0.390. The topological polar surface area (TPSA) is 0 Å². The fraction of sp³-hybridized carbons (Fsp3) is 0.0400. The summed E-state index contributed by atoms with van der Waals surface area (Å²) in [5.74, 6) is 1.21. The lowest BCUT2D eigenvalue weighted by Gasteiger charge is -2.24. The summed E-state index contributed by atoms with van der Waals surface area (Å²) in [5, 5.41) is 6.01. The third-order valence-electron chi connectivity index (χ3n) is 5.10. The van der Waals surface area contributed by atoms with Crippen LogP contribution in [0.15, 0.2) is 109 Å². The average Bonchev–Trinajstić information content (AvgIpc) is 2.90. The molecule has 1 aliphatic heterocycles. The van der Waals surface area contributed by atoms with E-state index in [4.69, 9.17) is 0 Å². The molecule has 130 valence electrons. The lowest BCUT2D eigenvalue weighted by molar-refractivity contribution is 1.68. The van der Waals surface area contributed by atoms with E-state index < -0.39 is 0 Å². The van der Waals surface area contributed by atoms with Crippen molar-refractivity contribution in [3.63, 3.8) is 0 Å². The average molecular weight is 382 g/mol. The van der Waals surface area contributed by atoms with Gasteiger partial charge in [0.05, 0.1) is 0 Å². The summed E-state index contributed by atoms with van der Waals surface area (Å²) >= 11 is 0. The molecule has 0 amide bonds. The van der Waals surface area contributed by atoms with E-state index in [-0.39, 0.29) is 15.8 Å². The largest absolute Gasteiger partial charge is 0.0622 e. The molecule has 0 N–H and O–H groups in total. The molecule has 2 atom stereocenters. The first-order valence-electron chi connectivity index (χ1n) is 9.25. The zero-order valence-electron chi connectivity index (χ0n) is 15.0. The Hall–Kier alpha value is -2.26. The Kier molecular flexibility index (Phi) is 4.62. The molecule has 1 aliphatic rings. The molecule has 4 aromatic rings. The van der Waals surface area contributed by atoms with Crippen molar-refractivity contribution in [2.24, 2.45) is 0 Å². The second-order valence-electron chi connectivity index (χ2n) is 6.70. The van der Waals surface area contributed by atoms with Crippen molar-refractivity contribution in [2.45, 2.75) is 0 Å². The van der Waals surface area contributed by atoms with Crippen molar-refractivity contribution >= 4 is 37.1 Å². The Bertz CT molecular complexity index is 971. The van der Waals surface area contributed by atoms with Crippen LogP contribution in [0.2, 0.25) is 0 Å². The second kappa shape index (κ2) is 7.40. The van der Waals surface area contributed by atoms with Crippen LogP contribution >= 0.6 is 15.8 Å². The number of benzene rings is 4. The maximum atomic E-state index is 2.36. The van der Waals surface area contributed by atoms with Crippen LogP contribution in [0, 0.1) is 0 Å². The quantitative estimate of drug-likeness (QED) is 0.419. The van der Waals surface area contributed by atoms with E-state index in [2.05, 4.69) is 109 Å². The van der Waals surface area contributed by atoms with Gasteiger partial charge in [0, 0.05) is 5.90 Å². The van der Waals surface area contributed by atoms with E-state index >= 15 is 0 Å². The normalized spacial score (nSPS) is 18.2. The Morgan fingerprint density at radius 2 is 0.778 bits per heavy atom. The zero-order valence-corrected chi connectivity index (χ0v) is 16.8. The van der Waals surface area contributed by atoms with Crippen molar-refractivity contribution in [3.05, 3.63) is 109 Å². The van der Waals surface area contributed by atoms with Crippen LogP contribution in [0.1, 0.15) is 0 Å². The van der Waals surface area contributed by atoms with Crippen LogP contribution in [0.3, 0.4) is 0 Å². The molecule has 0 fully saturated rings. The second-order valence-corrected chi connectivity index (χ2v) is 11.5. The molecule has 0 aliphatic carbocycles. The highest BCUT2D eigenvalue weighted by atomic mass is 31.2. The minimum absolute atomic E-state index is 0.390. The molecule has 5 rings (SSSR count). The number of rotatable bonds is 2. The smallest absolute Gasteiger partial charge is 0.00410 e. The minimum Gasteiger partial charge on any atom is -0.0622 e. The van der Waals surface area contributed by atoms with Crippen LogP contribution < -0.4 is 21.2 Å². The molecule has 0 saturated heterocycles. The van der Waals surface area contributed by atoms with E-state index in [1.54, 1.807) is 0 Å². The highest BCUT2D eigenvalue weighted by molar-refractivity contribution is 7.89. The molecule has 27 heavy (non-hydrogen) atoms. The van der Waals surface area contributed by atoms with Gasteiger partial charge >= 0.3 is 0 Å². The molecular formula is C25H20P2. The predicted octanol–water partition coefficient (Wildman–Crippen LogP) is 5.19. The standard InChI is InChI=1S/C25H20P2/c1-3-11-20(12-4-1)26-19-27(21-13-5-2-6-14-21)25-18-10-8-16-23(25)22-15-7-9-17-24(22)26/h1-18H,19H2. The monoisotopic (exact) mass is 382 g/mol. The van der Waals surface area contributed by atoms with Gasteiger partial charge in [-0.1, -0.05) is 109 Å². The molecule has 1 heterocycles. The van der Waals surface area contributed by atoms with Gasteiger partial charge in [-0.25, -0.2) is 0 Å². The summed E-state index contributed by atoms with van der Waals surface area (Å²) in [6, 6.07) is 40.4. The zero-order chi connectivity index (χ0) is 18.1. The highest BCUT2D eigenvalue weighted by Crippen LogP contribution is 2.53. The van der Waals surface area contributed by atoms with Gasteiger partial charge in [0.2, 0.25) is 0 Å². The van der Waals surface area contributed by atoms with Crippen molar-refractivity contribution in [1.82, 2.24) is 0 Å². The first-order chi connectivity index (χ1) is 13.4. The Balaban J connectivity index is 1.77. The summed E-state index contributed by atoms with van der Waals surface area (Å²) in [6.07, 6.45) is 0. The molecule has 4 aromatic carbocycles. The maximum absolute atomic E-state index is 2.36. The van der Waals surface area contributed by atoms with E-state index in [9.17, 15) is 0 Å². The van der Waals surface area contributed by atoms with E-state index in [0.29, 0.717) is 0 Å². The summed E-state index contributed by atoms with van der Waals surface area (Å²) in [4.78, 5) is 0. The van der Waals surface area contributed by atoms with Gasteiger partial charge in [-0.2, -0.15) is 0 Å². The fourth-order valence-corrected chi connectivity index (χ4v) is 10.6. The molecule has 0 nitrogen and oxygen atoms in total. The van der Waals surface area contributed by atoms with Crippen LogP contribution in [-0.2, 0) is 0 Å². The summed E-state index contributed by atoms with van der Waals surface area (Å²) < 4.78 is 0. The number of fused-ring (bicyclic) bond motifs is 3. The molecular weight excluding hydrogens is 362 g/mol. The van der Waals surface area contributed by atoms with E-state index in [0.717, 1.165) is 0 Å². The molecule has 0 bridgehead atoms. The van der Waals surface area contributed by atoms with Crippen molar-refractivity contribution in [1.29, 1.82) is 0 Å². The summed E-state index contributed by atoms with van der Waals surface area (Å²) in [5.41, 5.74) is 2.84. The van der Waals surface area contributed by atoms with Gasteiger partial charge in [0.25, 0.3) is 0 Å². The number of hydrogen-bond acceptors (Lipinski definition) is 0. The van der Waals surface area contributed by atoms with E-state index in [1.807, 2.05) is 0 Å². The van der Waals surface area contributed by atoms with Crippen molar-refractivity contribution < 1.29 is 0 Å². The lowest BCUT2D eigenvalue weighted by atomic mass is 10.1. The van der Waals surface area contributed by atoms with Gasteiger partial charge < -0.3 is 0 Å². The molecule has 0 saturated carbocycles. The Morgan fingerprint density at radius 3 is 1.22 bits per heavy atom. The first kappa shape index (κ1) is 16.9. The molecule has 0 radical (unpaired) electrons. The molecule has 0 spiro atoms. The van der Waals surface area contributed by atoms with Gasteiger partial charge in [-0.05, 0) is 48.2 Å². The Morgan fingerprint density at radius 1 is 0.407 bits per heavy atom. The van der Waals surface area contributed by atoms with Crippen molar-refractivity contribution in [3.8, 4) is 11.1 Å². The lowest BCUT2D eigenvalue weighted by Crippen LogP contribution is -2.17.